The van der Waals surface area contributed by atoms with Crippen molar-refractivity contribution in [3.05, 3.63) is 48.1 Å². The summed E-state index contributed by atoms with van der Waals surface area (Å²) in [5, 5.41) is 17.6. The van der Waals surface area contributed by atoms with Gasteiger partial charge in [-0.15, -0.1) is 0 Å². The summed E-state index contributed by atoms with van der Waals surface area (Å²) in [5.41, 5.74) is 3.01. The average molecular weight is 452 g/mol. The van der Waals surface area contributed by atoms with Crippen molar-refractivity contribution < 1.29 is 14.0 Å². The number of piperidine rings is 1. The number of nitrogens with one attached hydrogen (secondary N) is 1. The Morgan fingerprint density at radius 3 is 2.55 bits per heavy atom. The Morgan fingerprint density at radius 1 is 1.03 bits per heavy atom. The molecule has 2 fully saturated rings. The minimum Gasteiger partial charge on any atom is -0.393 e. The lowest BCUT2D eigenvalue weighted by Crippen LogP contribution is -2.29. The third kappa shape index (κ3) is 5.23. The number of aromatic nitrogens is 3. The summed E-state index contributed by atoms with van der Waals surface area (Å²) in [4.78, 5) is 11.6. The fourth-order valence-electron chi connectivity index (χ4n) is 4.79. The van der Waals surface area contributed by atoms with Gasteiger partial charge in [0, 0.05) is 17.8 Å². The Kier molecular flexibility index (Phi) is 6.64. The summed E-state index contributed by atoms with van der Waals surface area (Å²) in [5.74, 6) is 1.04. The molecule has 5 rings (SSSR count). The first-order valence-electron chi connectivity index (χ1n) is 11.9. The van der Waals surface area contributed by atoms with E-state index in [-0.39, 0.29) is 18.0 Å². The summed E-state index contributed by atoms with van der Waals surface area (Å²) < 4.78 is 19.4. The number of rotatable bonds is 6. The maximum atomic E-state index is 13.5. The lowest BCUT2D eigenvalue weighted by atomic mass is 9.93. The molecular formula is C25H30FN5O2. The highest BCUT2D eigenvalue weighted by molar-refractivity contribution is 5.80. The predicted molar refractivity (Wildman–Crippen MR) is 124 cm³/mol. The van der Waals surface area contributed by atoms with E-state index in [0.717, 1.165) is 61.4 Å². The van der Waals surface area contributed by atoms with Crippen molar-refractivity contribution in [3.8, 4) is 22.5 Å². The quantitative estimate of drug-likeness (QED) is 0.565. The Bertz CT molecular complexity index is 1060. The first-order valence-corrected chi connectivity index (χ1v) is 11.9. The monoisotopic (exact) mass is 451 g/mol. The maximum absolute atomic E-state index is 13.5. The second kappa shape index (κ2) is 9.97. The van der Waals surface area contributed by atoms with Crippen LogP contribution in [0.5, 0.6) is 0 Å². The van der Waals surface area contributed by atoms with E-state index < -0.39 is 0 Å². The van der Waals surface area contributed by atoms with E-state index in [4.69, 9.17) is 9.51 Å². The zero-order valence-electron chi connectivity index (χ0n) is 18.7. The molecule has 1 aliphatic carbocycles. The molecule has 1 saturated carbocycles. The Balaban J connectivity index is 1.47. The van der Waals surface area contributed by atoms with Crippen molar-refractivity contribution in [1.82, 2.24) is 20.0 Å². The fourth-order valence-corrected chi connectivity index (χ4v) is 4.79. The van der Waals surface area contributed by atoms with Crippen molar-refractivity contribution in [3.63, 3.8) is 0 Å². The average Bonchev–Trinajstić information content (AvgIpc) is 3.25. The number of halogens is 1. The van der Waals surface area contributed by atoms with Gasteiger partial charge < -0.3 is 14.9 Å². The highest BCUT2D eigenvalue weighted by atomic mass is 19.1. The summed E-state index contributed by atoms with van der Waals surface area (Å²) >= 11 is 0. The molecule has 0 spiro atoms. The van der Waals surface area contributed by atoms with E-state index in [9.17, 15) is 9.50 Å². The number of aliphatic hydroxyl groups is 1. The summed E-state index contributed by atoms with van der Waals surface area (Å²) in [6.45, 7) is 2.74. The lowest BCUT2D eigenvalue weighted by molar-refractivity contribution is 0.126. The van der Waals surface area contributed by atoms with Crippen LogP contribution in [0.2, 0.25) is 0 Å². The van der Waals surface area contributed by atoms with Gasteiger partial charge in [-0.05, 0) is 81.9 Å². The fraction of sp³-hybridized carbons (Fsp3) is 0.480. The van der Waals surface area contributed by atoms with Crippen LogP contribution < -0.4 is 5.32 Å². The second-order valence-electron chi connectivity index (χ2n) is 9.09. The van der Waals surface area contributed by atoms with E-state index in [2.05, 4.69) is 20.4 Å². The zero-order chi connectivity index (χ0) is 22.6. The van der Waals surface area contributed by atoms with Crippen molar-refractivity contribution >= 4 is 5.95 Å². The summed E-state index contributed by atoms with van der Waals surface area (Å²) in [7, 11) is 0. The molecule has 33 heavy (non-hydrogen) atoms. The molecule has 174 valence electrons. The number of hydrogen-bond acceptors (Lipinski definition) is 7. The molecule has 2 aliphatic rings. The van der Waals surface area contributed by atoms with Crippen molar-refractivity contribution in [2.24, 2.45) is 0 Å². The molecule has 7 nitrogen and oxygen atoms in total. The Morgan fingerprint density at radius 2 is 1.79 bits per heavy atom. The zero-order valence-corrected chi connectivity index (χ0v) is 18.7. The van der Waals surface area contributed by atoms with Gasteiger partial charge in [0.05, 0.1) is 23.9 Å². The highest BCUT2D eigenvalue weighted by Crippen LogP contribution is 2.35. The molecule has 0 amide bonds. The predicted octanol–water partition coefficient (Wildman–Crippen LogP) is 4.64. The van der Waals surface area contributed by atoms with Crippen LogP contribution in [0.15, 0.2) is 41.1 Å². The van der Waals surface area contributed by atoms with Crippen LogP contribution >= 0.6 is 0 Å². The molecule has 3 heterocycles. The van der Waals surface area contributed by atoms with Crippen LogP contribution in [0.4, 0.5) is 10.3 Å². The van der Waals surface area contributed by atoms with Crippen LogP contribution in [-0.2, 0) is 6.54 Å². The van der Waals surface area contributed by atoms with E-state index in [1.807, 2.05) is 6.07 Å². The van der Waals surface area contributed by atoms with Gasteiger partial charge in [0.15, 0.2) is 5.76 Å². The standard InChI is InChI=1S/C25H30FN5O2/c26-18-6-4-17(5-7-18)24-23(22(33-30-24)16-31-14-2-1-3-15-31)21-12-13-27-25(29-21)28-19-8-10-20(32)11-9-19/h4-7,12-13,19-20,32H,1-3,8-11,14-16H2,(H,27,28,29). The Labute approximate surface area is 193 Å². The SMILES string of the molecule is OC1CCC(Nc2nccc(-c3c(-c4ccc(F)cc4)noc3CN3CCCCC3)n2)CC1. The largest absolute Gasteiger partial charge is 0.393 e. The van der Waals surface area contributed by atoms with E-state index >= 15 is 0 Å². The molecule has 0 atom stereocenters. The maximum Gasteiger partial charge on any atom is 0.223 e. The molecule has 1 aromatic carbocycles. The van der Waals surface area contributed by atoms with Gasteiger partial charge in [0.1, 0.15) is 11.5 Å². The number of likely N-dealkylation sites (tertiary alicyclic amines) is 1. The van der Waals surface area contributed by atoms with Crippen LogP contribution in [0.3, 0.4) is 0 Å². The van der Waals surface area contributed by atoms with Gasteiger partial charge in [-0.25, -0.2) is 14.4 Å². The van der Waals surface area contributed by atoms with Crippen LogP contribution in [0, 0.1) is 5.82 Å². The molecule has 8 heteroatoms. The first kappa shape index (κ1) is 22.0. The molecule has 1 aliphatic heterocycles. The summed E-state index contributed by atoms with van der Waals surface area (Å²) in [6, 6.07) is 8.42. The number of anilines is 1. The Hall–Kier alpha value is -2.84. The van der Waals surface area contributed by atoms with E-state index in [0.29, 0.717) is 18.2 Å². The molecule has 2 aromatic heterocycles. The molecule has 0 unspecified atom stereocenters. The molecule has 2 N–H and O–H groups in total. The molecule has 1 saturated heterocycles. The minimum atomic E-state index is -0.288. The number of hydrogen-bond donors (Lipinski definition) is 2. The van der Waals surface area contributed by atoms with Gasteiger partial charge in [0.2, 0.25) is 5.95 Å². The van der Waals surface area contributed by atoms with Gasteiger partial charge in [-0.2, -0.15) is 0 Å². The topological polar surface area (TPSA) is 87.3 Å². The second-order valence-corrected chi connectivity index (χ2v) is 9.09. The van der Waals surface area contributed by atoms with Crippen LogP contribution in [0.25, 0.3) is 22.5 Å². The van der Waals surface area contributed by atoms with Crippen molar-refractivity contribution in [2.75, 3.05) is 18.4 Å². The third-order valence-corrected chi connectivity index (χ3v) is 6.64. The highest BCUT2D eigenvalue weighted by Gasteiger charge is 2.24. The number of benzene rings is 1. The van der Waals surface area contributed by atoms with Gasteiger partial charge in [-0.1, -0.05) is 11.6 Å². The molecule has 0 radical (unpaired) electrons. The third-order valence-electron chi connectivity index (χ3n) is 6.64. The first-order chi connectivity index (χ1) is 16.2. The molecule has 3 aromatic rings. The number of nitrogens with zero attached hydrogens (tertiary/aromatic N) is 4. The summed E-state index contributed by atoms with van der Waals surface area (Å²) in [6.07, 6.45) is 8.54. The van der Waals surface area contributed by atoms with E-state index in [1.165, 1.54) is 31.4 Å². The smallest absolute Gasteiger partial charge is 0.223 e. The van der Waals surface area contributed by atoms with E-state index in [1.54, 1.807) is 18.3 Å². The van der Waals surface area contributed by atoms with Gasteiger partial charge in [-0.3, -0.25) is 4.90 Å². The normalized spacial score (nSPS) is 21.8. The van der Waals surface area contributed by atoms with Crippen molar-refractivity contribution in [1.29, 1.82) is 0 Å². The number of aliphatic hydroxyl groups excluding tert-OH is 1. The van der Waals surface area contributed by atoms with Gasteiger partial charge >= 0.3 is 0 Å². The minimum absolute atomic E-state index is 0.206. The lowest BCUT2D eigenvalue weighted by Gasteiger charge is -2.26. The molecular weight excluding hydrogens is 421 g/mol. The van der Waals surface area contributed by atoms with Crippen LogP contribution in [-0.4, -0.2) is 50.4 Å². The van der Waals surface area contributed by atoms with Crippen LogP contribution in [0.1, 0.15) is 50.7 Å². The molecule has 0 bridgehead atoms. The van der Waals surface area contributed by atoms with Crippen molar-refractivity contribution in [2.45, 2.75) is 63.6 Å². The van der Waals surface area contributed by atoms with Gasteiger partial charge in [0.25, 0.3) is 0 Å².